The molecule has 0 fully saturated rings. The number of rotatable bonds is 2. The van der Waals surface area contributed by atoms with Crippen LogP contribution in [-0.2, 0) is 0 Å². The van der Waals surface area contributed by atoms with Gasteiger partial charge in [-0.05, 0) is 56.1 Å². The molecule has 15 heavy (non-hydrogen) atoms. The molecule has 0 spiro atoms. The molecule has 0 saturated heterocycles. The van der Waals surface area contributed by atoms with Gasteiger partial charge in [-0.3, -0.25) is 0 Å². The summed E-state index contributed by atoms with van der Waals surface area (Å²) < 4.78 is 0. The van der Waals surface area contributed by atoms with Crippen LogP contribution in [0, 0.1) is 11.3 Å². The summed E-state index contributed by atoms with van der Waals surface area (Å²) in [4.78, 5) is 0. The maximum atomic E-state index is 2.35. The van der Waals surface area contributed by atoms with Gasteiger partial charge in [0.25, 0.3) is 0 Å². The van der Waals surface area contributed by atoms with E-state index in [2.05, 4.69) is 48.5 Å². The van der Waals surface area contributed by atoms with E-state index in [0.29, 0.717) is 11.3 Å². The van der Waals surface area contributed by atoms with Crippen LogP contribution >= 0.6 is 0 Å². The Morgan fingerprint density at radius 2 is 1.53 bits per heavy atom. The molecule has 1 aliphatic carbocycles. The van der Waals surface area contributed by atoms with Crippen molar-refractivity contribution in [3.05, 3.63) is 22.3 Å². The molecule has 0 saturated carbocycles. The third kappa shape index (κ3) is 2.74. The van der Waals surface area contributed by atoms with Crippen LogP contribution in [0.3, 0.4) is 0 Å². The van der Waals surface area contributed by atoms with Crippen molar-refractivity contribution in [3.8, 4) is 0 Å². The van der Waals surface area contributed by atoms with Gasteiger partial charge in [-0.25, -0.2) is 0 Å². The summed E-state index contributed by atoms with van der Waals surface area (Å²) in [5.41, 5.74) is 6.81. The average Bonchev–Trinajstić information content (AvgIpc) is 2.28. The molecule has 86 valence electrons. The minimum atomic E-state index is 0.456. The van der Waals surface area contributed by atoms with Crippen LogP contribution in [0.1, 0.15) is 61.3 Å². The van der Waals surface area contributed by atoms with E-state index >= 15 is 0 Å². The Morgan fingerprint density at radius 1 is 1.00 bits per heavy atom. The molecule has 0 N–H and O–H groups in total. The predicted molar refractivity (Wildman–Crippen MR) is 68.9 cm³/mol. The Labute approximate surface area is 95.5 Å². The molecule has 1 rings (SSSR count). The van der Waals surface area contributed by atoms with Crippen LogP contribution in [0.25, 0.3) is 0 Å². The smallest absolute Gasteiger partial charge is 0.00126 e. The largest absolute Gasteiger partial charge is 0.0632 e. The lowest BCUT2D eigenvalue weighted by atomic mass is 9.85. The molecular weight excluding hydrogens is 180 g/mol. The van der Waals surface area contributed by atoms with Gasteiger partial charge < -0.3 is 0 Å². The monoisotopic (exact) mass is 206 g/mol. The van der Waals surface area contributed by atoms with E-state index in [4.69, 9.17) is 0 Å². The van der Waals surface area contributed by atoms with E-state index < -0.39 is 0 Å². The van der Waals surface area contributed by atoms with E-state index in [0.717, 1.165) is 0 Å². The Balaban J connectivity index is 2.74. The minimum Gasteiger partial charge on any atom is -0.0632 e. The molecule has 0 aromatic heterocycles. The van der Waals surface area contributed by atoms with Crippen molar-refractivity contribution in [1.82, 2.24) is 0 Å². The highest BCUT2D eigenvalue weighted by Gasteiger charge is 2.24. The van der Waals surface area contributed by atoms with Crippen molar-refractivity contribution in [3.63, 3.8) is 0 Å². The molecule has 0 aromatic carbocycles. The molecule has 0 heterocycles. The molecule has 0 heteroatoms. The second-order valence-corrected chi connectivity index (χ2v) is 6.24. The first kappa shape index (κ1) is 12.5. The standard InChI is InChI=1S/C15H26/c1-10-11(2)13(4)14(12(10)3)8-9-15(5,6)7/h12H,8-9H2,1-7H3. The maximum Gasteiger partial charge on any atom is -0.00126 e. The SMILES string of the molecule is CC1=C(C)C(C)C(CCC(C)(C)C)=C1C. The third-order valence-corrected chi connectivity index (χ3v) is 3.95. The van der Waals surface area contributed by atoms with Gasteiger partial charge in [-0.1, -0.05) is 38.8 Å². The van der Waals surface area contributed by atoms with Crippen molar-refractivity contribution >= 4 is 0 Å². The number of hydrogen-bond acceptors (Lipinski definition) is 0. The number of allylic oxidation sites excluding steroid dienone is 4. The second kappa shape index (κ2) is 4.15. The van der Waals surface area contributed by atoms with E-state index in [1.165, 1.54) is 18.4 Å². The molecule has 0 radical (unpaired) electrons. The summed E-state index contributed by atoms with van der Waals surface area (Å²) in [6.45, 7) is 16.2. The van der Waals surface area contributed by atoms with Gasteiger partial charge in [0.15, 0.2) is 0 Å². The fourth-order valence-electron chi connectivity index (χ4n) is 2.36. The van der Waals surface area contributed by atoms with Crippen LogP contribution < -0.4 is 0 Å². The normalized spacial score (nSPS) is 23.0. The summed E-state index contributed by atoms with van der Waals surface area (Å²) in [5.74, 6) is 0.687. The van der Waals surface area contributed by atoms with Gasteiger partial charge in [0.1, 0.15) is 0 Å². The molecular formula is C15H26. The molecule has 0 bridgehead atoms. The van der Waals surface area contributed by atoms with Gasteiger partial charge in [-0.2, -0.15) is 0 Å². The van der Waals surface area contributed by atoms with Gasteiger partial charge in [0, 0.05) is 0 Å². The van der Waals surface area contributed by atoms with E-state index in [1.807, 2.05) is 0 Å². The Hall–Kier alpha value is -0.520. The first-order chi connectivity index (χ1) is 6.74. The van der Waals surface area contributed by atoms with Gasteiger partial charge in [0.2, 0.25) is 0 Å². The molecule has 1 unspecified atom stereocenters. The summed E-state index contributed by atoms with van der Waals surface area (Å²) >= 11 is 0. The molecule has 1 atom stereocenters. The van der Waals surface area contributed by atoms with E-state index in [1.54, 1.807) is 16.7 Å². The fraction of sp³-hybridized carbons (Fsp3) is 0.733. The summed E-state index contributed by atoms with van der Waals surface area (Å²) in [7, 11) is 0. The maximum absolute atomic E-state index is 2.35. The van der Waals surface area contributed by atoms with Crippen LogP contribution in [0.5, 0.6) is 0 Å². The lowest BCUT2D eigenvalue weighted by molar-refractivity contribution is 0.373. The van der Waals surface area contributed by atoms with Crippen molar-refractivity contribution in [1.29, 1.82) is 0 Å². The van der Waals surface area contributed by atoms with Crippen LogP contribution in [0.2, 0.25) is 0 Å². The summed E-state index contributed by atoms with van der Waals surface area (Å²) in [5, 5.41) is 0. The highest BCUT2D eigenvalue weighted by molar-refractivity contribution is 5.46. The fourth-order valence-corrected chi connectivity index (χ4v) is 2.36. The zero-order valence-electron chi connectivity index (χ0n) is 11.5. The van der Waals surface area contributed by atoms with Crippen molar-refractivity contribution in [2.75, 3.05) is 0 Å². The van der Waals surface area contributed by atoms with Crippen LogP contribution in [0.4, 0.5) is 0 Å². The lowest BCUT2D eigenvalue weighted by Crippen LogP contribution is -2.07. The Bertz CT molecular complexity index is 307. The zero-order chi connectivity index (χ0) is 11.8. The Kier molecular flexibility index (Phi) is 3.48. The Morgan fingerprint density at radius 3 is 1.87 bits per heavy atom. The minimum absolute atomic E-state index is 0.456. The van der Waals surface area contributed by atoms with Crippen LogP contribution in [-0.4, -0.2) is 0 Å². The zero-order valence-corrected chi connectivity index (χ0v) is 11.5. The van der Waals surface area contributed by atoms with Gasteiger partial charge in [-0.15, -0.1) is 0 Å². The highest BCUT2D eigenvalue weighted by Crippen LogP contribution is 2.40. The molecule has 0 aliphatic heterocycles. The third-order valence-electron chi connectivity index (χ3n) is 3.95. The van der Waals surface area contributed by atoms with E-state index in [9.17, 15) is 0 Å². The quantitative estimate of drug-likeness (QED) is 0.588. The second-order valence-electron chi connectivity index (χ2n) is 6.24. The first-order valence-electron chi connectivity index (χ1n) is 6.11. The topological polar surface area (TPSA) is 0 Å². The summed E-state index contributed by atoms with van der Waals surface area (Å²) in [6, 6.07) is 0. The van der Waals surface area contributed by atoms with Crippen LogP contribution in [0.15, 0.2) is 22.3 Å². The average molecular weight is 206 g/mol. The van der Waals surface area contributed by atoms with Crippen molar-refractivity contribution < 1.29 is 0 Å². The molecule has 1 aliphatic rings. The number of hydrogen-bond donors (Lipinski definition) is 0. The van der Waals surface area contributed by atoms with Crippen molar-refractivity contribution in [2.45, 2.75) is 61.3 Å². The molecule has 0 nitrogen and oxygen atoms in total. The van der Waals surface area contributed by atoms with Gasteiger partial charge >= 0.3 is 0 Å². The lowest BCUT2D eigenvalue weighted by Gasteiger charge is -2.21. The predicted octanol–water partition coefficient (Wildman–Crippen LogP) is 5.12. The molecule has 0 aromatic rings. The summed E-state index contributed by atoms with van der Waals surface area (Å²) in [6.07, 6.45) is 2.57. The van der Waals surface area contributed by atoms with Crippen molar-refractivity contribution in [2.24, 2.45) is 11.3 Å². The van der Waals surface area contributed by atoms with Gasteiger partial charge in [0.05, 0.1) is 0 Å². The van der Waals surface area contributed by atoms with E-state index in [-0.39, 0.29) is 0 Å². The molecule has 0 amide bonds. The highest BCUT2D eigenvalue weighted by atomic mass is 14.3. The first-order valence-corrected chi connectivity index (χ1v) is 6.11.